The molecule has 27 heavy (non-hydrogen) atoms. The fourth-order valence-corrected chi connectivity index (χ4v) is 5.45. The van der Waals surface area contributed by atoms with Gasteiger partial charge >= 0.3 is 0 Å². The number of methoxy groups -OCH3 is 1. The van der Waals surface area contributed by atoms with Crippen LogP contribution in [0.3, 0.4) is 0 Å². The standard InChI is InChI=1S/C22H28N2O2S/c1-26-17-11-9-16(10-12-17)21(25)23-22-19(15-24-13-5-2-6-14-24)18-7-3-4-8-20(18)27-22/h9-12H,2-8,13-15H2,1H3,(H,23,25). The van der Waals surface area contributed by atoms with Gasteiger partial charge in [-0.2, -0.15) is 0 Å². The molecule has 1 fully saturated rings. The van der Waals surface area contributed by atoms with Crippen LogP contribution in [0.25, 0.3) is 0 Å². The molecule has 1 aliphatic heterocycles. The second kappa shape index (κ2) is 8.44. The number of nitrogens with zero attached hydrogens (tertiary/aromatic N) is 1. The molecule has 2 aromatic rings. The van der Waals surface area contributed by atoms with Crippen molar-refractivity contribution in [1.29, 1.82) is 0 Å². The van der Waals surface area contributed by atoms with E-state index in [-0.39, 0.29) is 5.91 Å². The Morgan fingerprint density at radius 1 is 1.07 bits per heavy atom. The van der Waals surface area contributed by atoms with Gasteiger partial charge < -0.3 is 10.1 Å². The lowest BCUT2D eigenvalue weighted by molar-refractivity contribution is 0.102. The molecule has 0 atom stereocenters. The number of likely N-dealkylation sites (tertiary alicyclic amines) is 1. The van der Waals surface area contributed by atoms with Crippen LogP contribution < -0.4 is 10.1 Å². The molecule has 2 heterocycles. The van der Waals surface area contributed by atoms with Crippen molar-refractivity contribution in [2.75, 3.05) is 25.5 Å². The highest BCUT2D eigenvalue weighted by Crippen LogP contribution is 2.39. The lowest BCUT2D eigenvalue weighted by Crippen LogP contribution is -2.29. The third-order valence-electron chi connectivity index (χ3n) is 5.69. The SMILES string of the molecule is COc1ccc(C(=O)Nc2sc3c(c2CN2CCCCC2)CCCC3)cc1. The van der Waals surface area contributed by atoms with Crippen molar-refractivity contribution >= 4 is 22.2 Å². The number of nitrogens with one attached hydrogen (secondary N) is 1. The van der Waals surface area contributed by atoms with Crippen LogP contribution in [-0.2, 0) is 19.4 Å². The first-order valence-corrected chi connectivity index (χ1v) is 10.9. The van der Waals surface area contributed by atoms with Gasteiger partial charge in [0.2, 0.25) is 0 Å². The number of benzene rings is 1. The third kappa shape index (κ3) is 4.19. The lowest BCUT2D eigenvalue weighted by atomic mass is 9.95. The van der Waals surface area contributed by atoms with E-state index in [9.17, 15) is 4.79 Å². The van der Waals surface area contributed by atoms with Crippen molar-refractivity contribution in [3.63, 3.8) is 0 Å². The number of thiophene rings is 1. The number of fused-ring (bicyclic) bond motifs is 1. The fraction of sp³-hybridized carbons (Fsp3) is 0.500. The minimum Gasteiger partial charge on any atom is -0.497 e. The van der Waals surface area contributed by atoms with Gasteiger partial charge in [-0.25, -0.2) is 0 Å². The number of anilines is 1. The Morgan fingerprint density at radius 2 is 1.81 bits per heavy atom. The number of ether oxygens (including phenoxy) is 1. The average molecular weight is 385 g/mol. The van der Waals surface area contributed by atoms with Gasteiger partial charge in [0.05, 0.1) is 7.11 Å². The summed E-state index contributed by atoms with van der Waals surface area (Å²) in [6, 6.07) is 7.32. The van der Waals surface area contributed by atoms with Crippen LogP contribution >= 0.6 is 11.3 Å². The molecule has 1 saturated heterocycles. The van der Waals surface area contributed by atoms with Crippen LogP contribution in [0.1, 0.15) is 58.5 Å². The lowest BCUT2D eigenvalue weighted by Gasteiger charge is -2.27. The molecule has 0 unspecified atom stereocenters. The highest BCUT2D eigenvalue weighted by atomic mass is 32.1. The highest BCUT2D eigenvalue weighted by molar-refractivity contribution is 7.16. The van der Waals surface area contributed by atoms with Gasteiger partial charge in [0.15, 0.2) is 0 Å². The molecule has 4 rings (SSSR count). The summed E-state index contributed by atoms with van der Waals surface area (Å²) in [7, 11) is 1.64. The molecular formula is C22H28N2O2S. The molecule has 0 saturated carbocycles. The maximum atomic E-state index is 12.8. The summed E-state index contributed by atoms with van der Waals surface area (Å²) in [6.45, 7) is 3.33. The summed E-state index contributed by atoms with van der Waals surface area (Å²) >= 11 is 1.80. The molecule has 0 spiro atoms. The first kappa shape index (κ1) is 18.5. The number of carbonyl (C=O) groups excluding carboxylic acids is 1. The number of piperidine rings is 1. The van der Waals surface area contributed by atoms with Crippen LogP contribution in [0.15, 0.2) is 24.3 Å². The zero-order valence-electron chi connectivity index (χ0n) is 16.1. The molecule has 0 radical (unpaired) electrons. The average Bonchev–Trinajstić information content (AvgIpc) is 3.06. The Bertz CT molecular complexity index is 791. The summed E-state index contributed by atoms with van der Waals surface area (Å²) in [5, 5.41) is 4.29. The molecule has 1 amide bonds. The summed E-state index contributed by atoms with van der Waals surface area (Å²) in [6.07, 6.45) is 8.78. The highest BCUT2D eigenvalue weighted by Gasteiger charge is 2.24. The molecule has 2 aliphatic rings. The molecule has 1 aromatic carbocycles. The van der Waals surface area contributed by atoms with E-state index in [2.05, 4.69) is 10.2 Å². The zero-order chi connectivity index (χ0) is 18.6. The molecule has 1 aliphatic carbocycles. The Balaban J connectivity index is 1.56. The molecule has 144 valence electrons. The van der Waals surface area contributed by atoms with Crippen molar-refractivity contribution in [3.05, 3.63) is 45.8 Å². The summed E-state index contributed by atoms with van der Waals surface area (Å²) in [5.74, 6) is 0.736. The van der Waals surface area contributed by atoms with Crippen molar-refractivity contribution in [1.82, 2.24) is 4.90 Å². The second-order valence-electron chi connectivity index (χ2n) is 7.54. The summed E-state index contributed by atoms with van der Waals surface area (Å²) in [4.78, 5) is 16.9. The predicted molar refractivity (Wildman–Crippen MR) is 111 cm³/mol. The Morgan fingerprint density at radius 3 is 2.56 bits per heavy atom. The van der Waals surface area contributed by atoms with Crippen molar-refractivity contribution < 1.29 is 9.53 Å². The largest absolute Gasteiger partial charge is 0.497 e. The monoisotopic (exact) mass is 384 g/mol. The summed E-state index contributed by atoms with van der Waals surface area (Å²) < 4.78 is 5.19. The fourth-order valence-electron chi connectivity index (χ4n) is 4.16. The molecule has 0 bridgehead atoms. The first-order chi connectivity index (χ1) is 13.2. The quantitative estimate of drug-likeness (QED) is 0.799. The zero-order valence-corrected chi connectivity index (χ0v) is 16.9. The van der Waals surface area contributed by atoms with Gasteiger partial charge in [-0.15, -0.1) is 11.3 Å². The Hall–Kier alpha value is -1.85. The number of amides is 1. The first-order valence-electron chi connectivity index (χ1n) is 10.1. The van der Waals surface area contributed by atoms with E-state index in [0.717, 1.165) is 30.1 Å². The van der Waals surface area contributed by atoms with Crippen LogP contribution in [0.4, 0.5) is 5.00 Å². The van der Waals surface area contributed by atoms with Crippen LogP contribution in [-0.4, -0.2) is 31.0 Å². The normalized spacial score (nSPS) is 17.4. The molecule has 5 heteroatoms. The van der Waals surface area contributed by atoms with Gasteiger partial charge in [-0.1, -0.05) is 6.42 Å². The summed E-state index contributed by atoms with van der Waals surface area (Å²) in [5.41, 5.74) is 3.56. The van der Waals surface area contributed by atoms with E-state index in [4.69, 9.17) is 4.74 Å². The van der Waals surface area contributed by atoms with E-state index in [1.807, 2.05) is 24.3 Å². The predicted octanol–water partition coefficient (Wildman–Crippen LogP) is 4.87. The number of hydrogen-bond acceptors (Lipinski definition) is 4. The second-order valence-corrected chi connectivity index (χ2v) is 8.64. The van der Waals surface area contributed by atoms with Crippen LogP contribution in [0.2, 0.25) is 0 Å². The minimum absolute atomic E-state index is 0.0313. The van der Waals surface area contributed by atoms with E-state index in [1.54, 1.807) is 18.4 Å². The van der Waals surface area contributed by atoms with Crippen LogP contribution in [0.5, 0.6) is 5.75 Å². The van der Waals surface area contributed by atoms with E-state index >= 15 is 0 Å². The molecule has 4 nitrogen and oxygen atoms in total. The molecule has 1 aromatic heterocycles. The molecule has 1 N–H and O–H groups in total. The number of carbonyl (C=O) groups is 1. The maximum Gasteiger partial charge on any atom is 0.256 e. The Labute approximate surface area is 165 Å². The van der Waals surface area contributed by atoms with E-state index < -0.39 is 0 Å². The smallest absolute Gasteiger partial charge is 0.256 e. The van der Waals surface area contributed by atoms with E-state index in [1.165, 1.54) is 61.2 Å². The van der Waals surface area contributed by atoms with Crippen molar-refractivity contribution in [2.45, 2.75) is 51.5 Å². The topological polar surface area (TPSA) is 41.6 Å². The van der Waals surface area contributed by atoms with Gasteiger partial charge in [0.25, 0.3) is 5.91 Å². The number of hydrogen-bond donors (Lipinski definition) is 1. The van der Waals surface area contributed by atoms with Gasteiger partial charge in [0.1, 0.15) is 10.8 Å². The Kier molecular flexibility index (Phi) is 5.79. The van der Waals surface area contributed by atoms with Crippen molar-refractivity contribution in [2.24, 2.45) is 0 Å². The minimum atomic E-state index is -0.0313. The van der Waals surface area contributed by atoms with Gasteiger partial charge in [0, 0.05) is 22.5 Å². The van der Waals surface area contributed by atoms with Gasteiger partial charge in [-0.3, -0.25) is 9.69 Å². The maximum absolute atomic E-state index is 12.8. The van der Waals surface area contributed by atoms with E-state index in [0.29, 0.717) is 5.56 Å². The number of rotatable bonds is 5. The third-order valence-corrected chi connectivity index (χ3v) is 6.94. The number of aryl methyl sites for hydroxylation is 1. The van der Waals surface area contributed by atoms with Crippen molar-refractivity contribution in [3.8, 4) is 5.75 Å². The van der Waals surface area contributed by atoms with Gasteiger partial charge in [-0.05, 0) is 81.4 Å². The molecular weight excluding hydrogens is 356 g/mol. The van der Waals surface area contributed by atoms with Crippen LogP contribution in [0, 0.1) is 0 Å².